The van der Waals surface area contributed by atoms with Crippen molar-refractivity contribution in [3.8, 4) is 23.3 Å². The summed E-state index contributed by atoms with van der Waals surface area (Å²) in [4.78, 5) is 0. The zero-order valence-corrected chi connectivity index (χ0v) is 9.62. The third-order valence-corrected chi connectivity index (χ3v) is 2.11. The fourth-order valence-corrected chi connectivity index (χ4v) is 1.26. The smallest absolute Gasteiger partial charge is 0.128 e. The summed E-state index contributed by atoms with van der Waals surface area (Å²) in [5.74, 6) is 7.09. The molecule has 0 aliphatic heterocycles. The van der Waals surface area contributed by atoms with E-state index in [1.54, 1.807) is 32.2 Å². The number of hydrogen-bond acceptors (Lipinski definition) is 3. The maximum Gasteiger partial charge on any atom is 0.128 e. The van der Waals surface area contributed by atoms with Crippen molar-refractivity contribution < 1.29 is 14.6 Å². The summed E-state index contributed by atoms with van der Waals surface area (Å²) in [7, 11) is 1.60. The van der Waals surface area contributed by atoms with Crippen molar-refractivity contribution in [2.45, 2.75) is 20.0 Å². The summed E-state index contributed by atoms with van der Waals surface area (Å²) < 4.78 is 10.6. The van der Waals surface area contributed by atoms with E-state index in [0.29, 0.717) is 24.5 Å². The van der Waals surface area contributed by atoms with Crippen LogP contribution < -0.4 is 9.47 Å². The van der Waals surface area contributed by atoms with Crippen LogP contribution in [0.15, 0.2) is 18.2 Å². The molecule has 0 aliphatic carbocycles. The van der Waals surface area contributed by atoms with Crippen molar-refractivity contribution in [1.82, 2.24) is 0 Å². The monoisotopic (exact) mass is 220 g/mol. The van der Waals surface area contributed by atoms with Crippen LogP contribution in [0.2, 0.25) is 0 Å². The van der Waals surface area contributed by atoms with Gasteiger partial charge in [0.1, 0.15) is 11.5 Å². The van der Waals surface area contributed by atoms with Crippen molar-refractivity contribution >= 4 is 0 Å². The van der Waals surface area contributed by atoms with E-state index in [-0.39, 0.29) is 6.61 Å². The van der Waals surface area contributed by atoms with Gasteiger partial charge in [-0.15, -0.1) is 11.8 Å². The second-order valence-electron chi connectivity index (χ2n) is 3.16. The largest absolute Gasteiger partial charge is 0.497 e. The molecule has 0 radical (unpaired) electrons. The Morgan fingerprint density at radius 2 is 2.19 bits per heavy atom. The van der Waals surface area contributed by atoms with Gasteiger partial charge in [0, 0.05) is 18.1 Å². The maximum absolute atomic E-state index is 9.14. The van der Waals surface area contributed by atoms with E-state index >= 15 is 0 Å². The molecule has 0 atom stereocenters. The number of aliphatic hydroxyl groups is 1. The molecule has 0 aromatic heterocycles. The Kier molecular flexibility index (Phi) is 5.24. The highest BCUT2D eigenvalue weighted by Crippen LogP contribution is 2.24. The molecular formula is C13H16O3. The van der Waals surface area contributed by atoms with E-state index in [0.717, 1.165) is 5.56 Å². The second kappa shape index (κ2) is 6.76. The van der Waals surface area contributed by atoms with E-state index in [4.69, 9.17) is 14.6 Å². The van der Waals surface area contributed by atoms with E-state index in [9.17, 15) is 0 Å². The molecule has 0 spiro atoms. The first kappa shape index (κ1) is 12.4. The Bertz CT molecular complexity index is 388. The highest BCUT2D eigenvalue weighted by molar-refractivity contribution is 5.40. The molecular weight excluding hydrogens is 204 g/mol. The van der Waals surface area contributed by atoms with Crippen LogP contribution in [0.1, 0.15) is 18.9 Å². The molecule has 3 nitrogen and oxygen atoms in total. The van der Waals surface area contributed by atoms with Gasteiger partial charge in [-0.05, 0) is 19.1 Å². The summed E-state index contributed by atoms with van der Waals surface area (Å²) in [5, 5.41) is 9.14. The fraction of sp³-hybridized carbons (Fsp3) is 0.385. The third-order valence-electron chi connectivity index (χ3n) is 2.11. The van der Waals surface area contributed by atoms with Gasteiger partial charge in [0.15, 0.2) is 0 Å². The zero-order valence-electron chi connectivity index (χ0n) is 9.62. The minimum absolute atomic E-state index is 0.0429. The predicted molar refractivity (Wildman–Crippen MR) is 62.5 cm³/mol. The summed E-state index contributed by atoms with van der Waals surface area (Å²) in [5.41, 5.74) is 0.755. The molecule has 0 fully saturated rings. The van der Waals surface area contributed by atoms with Gasteiger partial charge in [-0.2, -0.15) is 0 Å². The van der Waals surface area contributed by atoms with E-state index < -0.39 is 0 Å². The molecule has 86 valence electrons. The van der Waals surface area contributed by atoms with E-state index in [1.807, 2.05) is 0 Å². The Balaban J connectivity index is 2.69. The summed E-state index contributed by atoms with van der Waals surface area (Å²) >= 11 is 0. The number of ether oxygens (including phenoxy) is 2. The Hall–Kier alpha value is -1.66. The van der Waals surface area contributed by atoms with Gasteiger partial charge in [0.05, 0.1) is 20.3 Å². The van der Waals surface area contributed by atoms with Crippen LogP contribution in [0.5, 0.6) is 11.5 Å². The van der Waals surface area contributed by atoms with Crippen LogP contribution in [0.25, 0.3) is 0 Å². The molecule has 1 rings (SSSR count). The average Bonchev–Trinajstić information content (AvgIpc) is 2.34. The third kappa shape index (κ3) is 3.48. The SMILES string of the molecule is CC#CCCOc1cc(OC)ccc1CO. The van der Waals surface area contributed by atoms with Gasteiger partial charge in [-0.1, -0.05) is 0 Å². The molecule has 0 aliphatic rings. The first-order valence-corrected chi connectivity index (χ1v) is 5.12. The quantitative estimate of drug-likeness (QED) is 0.609. The minimum atomic E-state index is -0.0429. The molecule has 16 heavy (non-hydrogen) atoms. The Morgan fingerprint density at radius 3 is 2.81 bits per heavy atom. The maximum atomic E-state index is 9.14. The second-order valence-corrected chi connectivity index (χ2v) is 3.16. The molecule has 3 heteroatoms. The van der Waals surface area contributed by atoms with Gasteiger partial charge >= 0.3 is 0 Å². The van der Waals surface area contributed by atoms with Gasteiger partial charge in [-0.3, -0.25) is 0 Å². The minimum Gasteiger partial charge on any atom is -0.497 e. The Morgan fingerprint density at radius 1 is 1.38 bits per heavy atom. The summed E-state index contributed by atoms with van der Waals surface area (Å²) in [6.07, 6.45) is 0.679. The molecule has 0 unspecified atom stereocenters. The van der Waals surface area contributed by atoms with Crippen LogP contribution in [-0.2, 0) is 6.61 Å². The fourth-order valence-electron chi connectivity index (χ4n) is 1.26. The van der Waals surface area contributed by atoms with Crippen LogP contribution in [0.3, 0.4) is 0 Å². The predicted octanol–water partition coefficient (Wildman–Crippen LogP) is 1.98. The average molecular weight is 220 g/mol. The number of hydrogen-bond donors (Lipinski definition) is 1. The number of benzene rings is 1. The lowest BCUT2D eigenvalue weighted by Crippen LogP contribution is -2.00. The number of methoxy groups -OCH3 is 1. The lowest BCUT2D eigenvalue weighted by atomic mass is 10.2. The molecule has 1 N–H and O–H groups in total. The number of aliphatic hydroxyl groups excluding tert-OH is 1. The topological polar surface area (TPSA) is 38.7 Å². The molecule has 0 saturated carbocycles. The molecule has 0 amide bonds. The summed E-state index contributed by atoms with van der Waals surface area (Å²) in [6.45, 7) is 2.27. The number of rotatable bonds is 5. The molecule has 0 saturated heterocycles. The molecule has 1 aromatic carbocycles. The van der Waals surface area contributed by atoms with Gasteiger partial charge in [0.2, 0.25) is 0 Å². The molecule has 1 aromatic rings. The van der Waals surface area contributed by atoms with Gasteiger partial charge in [-0.25, -0.2) is 0 Å². The van der Waals surface area contributed by atoms with Crippen LogP contribution >= 0.6 is 0 Å². The van der Waals surface area contributed by atoms with Crippen molar-refractivity contribution in [3.63, 3.8) is 0 Å². The first-order valence-electron chi connectivity index (χ1n) is 5.12. The van der Waals surface area contributed by atoms with Gasteiger partial charge in [0.25, 0.3) is 0 Å². The molecule has 0 heterocycles. The first-order chi connectivity index (χ1) is 7.81. The van der Waals surface area contributed by atoms with E-state index in [2.05, 4.69) is 11.8 Å². The standard InChI is InChI=1S/C13H16O3/c1-3-4-5-8-16-13-9-12(15-2)7-6-11(13)10-14/h6-7,9,14H,5,8,10H2,1-2H3. The zero-order chi connectivity index (χ0) is 11.8. The van der Waals surface area contributed by atoms with Crippen LogP contribution in [0, 0.1) is 11.8 Å². The van der Waals surface area contributed by atoms with Crippen molar-refractivity contribution in [2.75, 3.05) is 13.7 Å². The van der Waals surface area contributed by atoms with Crippen molar-refractivity contribution in [2.24, 2.45) is 0 Å². The van der Waals surface area contributed by atoms with Crippen LogP contribution in [-0.4, -0.2) is 18.8 Å². The van der Waals surface area contributed by atoms with Crippen LogP contribution in [0.4, 0.5) is 0 Å². The highest BCUT2D eigenvalue weighted by atomic mass is 16.5. The van der Waals surface area contributed by atoms with Gasteiger partial charge < -0.3 is 14.6 Å². The lowest BCUT2D eigenvalue weighted by Gasteiger charge is -2.10. The summed E-state index contributed by atoms with van der Waals surface area (Å²) in [6, 6.07) is 5.36. The van der Waals surface area contributed by atoms with Crippen molar-refractivity contribution in [3.05, 3.63) is 23.8 Å². The highest BCUT2D eigenvalue weighted by Gasteiger charge is 2.04. The molecule has 0 bridgehead atoms. The normalized spacial score (nSPS) is 9.19. The lowest BCUT2D eigenvalue weighted by molar-refractivity contribution is 0.264. The van der Waals surface area contributed by atoms with Crippen molar-refractivity contribution in [1.29, 1.82) is 0 Å². The Labute approximate surface area is 96.0 Å². The van der Waals surface area contributed by atoms with E-state index in [1.165, 1.54) is 0 Å².